The van der Waals surface area contributed by atoms with Gasteiger partial charge in [0, 0.05) is 23.9 Å². The molecule has 94 valence electrons. The van der Waals surface area contributed by atoms with Crippen molar-refractivity contribution in [2.75, 3.05) is 13.6 Å². The van der Waals surface area contributed by atoms with Crippen molar-refractivity contribution in [1.82, 2.24) is 4.90 Å². The molecule has 1 aromatic heterocycles. The highest BCUT2D eigenvalue weighted by molar-refractivity contribution is 7.10. The second-order valence-corrected chi connectivity index (χ2v) is 5.80. The molecule has 3 nitrogen and oxygen atoms in total. The van der Waals surface area contributed by atoms with Crippen LogP contribution >= 0.6 is 11.3 Å². The average molecular weight is 261 g/mol. The van der Waals surface area contributed by atoms with Gasteiger partial charge in [-0.3, -0.25) is 0 Å². The Morgan fingerprint density at radius 3 is 2.83 bits per heavy atom. The summed E-state index contributed by atoms with van der Waals surface area (Å²) < 4.78 is 0. The summed E-state index contributed by atoms with van der Waals surface area (Å²) in [4.78, 5) is 3.68. The van der Waals surface area contributed by atoms with Crippen LogP contribution in [-0.2, 0) is 6.54 Å². The maximum atomic E-state index is 9.63. The van der Waals surface area contributed by atoms with Crippen LogP contribution in [0.25, 0.3) is 0 Å². The SMILES string of the molecule is CN1Cc2sccc2[C@H](c2ccc(O)c(O)c2)C1. The first-order valence-electron chi connectivity index (χ1n) is 5.92. The van der Waals surface area contributed by atoms with Crippen molar-refractivity contribution >= 4 is 11.3 Å². The van der Waals surface area contributed by atoms with Crippen LogP contribution in [0.5, 0.6) is 11.5 Å². The minimum Gasteiger partial charge on any atom is -0.504 e. The summed E-state index contributed by atoms with van der Waals surface area (Å²) in [5.74, 6) is 0.169. The van der Waals surface area contributed by atoms with E-state index in [0.717, 1.165) is 18.7 Å². The molecular formula is C14H15NO2S. The van der Waals surface area contributed by atoms with Crippen molar-refractivity contribution in [3.05, 3.63) is 45.6 Å². The molecule has 0 spiro atoms. The van der Waals surface area contributed by atoms with Crippen LogP contribution in [0.4, 0.5) is 0 Å². The van der Waals surface area contributed by atoms with Crippen molar-refractivity contribution in [2.24, 2.45) is 0 Å². The fraction of sp³-hybridized carbons (Fsp3) is 0.286. The first-order valence-corrected chi connectivity index (χ1v) is 6.80. The number of nitrogens with zero attached hydrogens (tertiary/aromatic N) is 1. The van der Waals surface area contributed by atoms with Gasteiger partial charge in [-0.15, -0.1) is 11.3 Å². The third kappa shape index (κ3) is 1.87. The molecule has 2 aromatic rings. The molecule has 1 aliphatic rings. The maximum Gasteiger partial charge on any atom is 0.157 e. The zero-order valence-corrected chi connectivity index (χ0v) is 10.9. The van der Waals surface area contributed by atoms with E-state index in [0.29, 0.717) is 0 Å². The van der Waals surface area contributed by atoms with Crippen LogP contribution in [0.1, 0.15) is 21.9 Å². The highest BCUT2D eigenvalue weighted by atomic mass is 32.1. The average Bonchev–Trinajstić information content (AvgIpc) is 2.79. The number of phenols is 2. The van der Waals surface area contributed by atoms with E-state index >= 15 is 0 Å². The van der Waals surface area contributed by atoms with E-state index in [4.69, 9.17) is 0 Å². The van der Waals surface area contributed by atoms with Gasteiger partial charge in [0.25, 0.3) is 0 Å². The van der Waals surface area contributed by atoms with Crippen molar-refractivity contribution in [3.8, 4) is 11.5 Å². The molecule has 0 amide bonds. The lowest BCUT2D eigenvalue weighted by Crippen LogP contribution is -2.29. The summed E-state index contributed by atoms with van der Waals surface area (Å²) in [6.45, 7) is 1.93. The van der Waals surface area contributed by atoms with Gasteiger partial charge in [0.2, 0.25) is 0 Å². The first-order chi connectivity index (χ1) is 8.65. The molecule has 3 rings (SSSR count). The largest absolute Gasteiger partial charge is 0.504 e. The Kier molecular flexibility index (Phi) is 2.76. The molecule has 0 bridgehead atoms. The van der Waals surface area contributed by atoms with Crippen molar-refractivity contribution in [3.63, 3.8) is 0 Å². The van der Waals surface area contributed by atoms with Crippen LogP contribution in [0, 0.1) is 0 Å². The third-order valence-electron chi connectivity index (χ3n) is 3.46. The number of thiophene rings is 1. The van der Waals surface area contributed by atoms with E-state index < -0.39 is 0 Å². The normalized spacial score (nSPS) is 19.7. The van der Waals surface area contributed by atoms with Gasteiger partial charge in [0.05, 0.1) is 0 Å². The van der Waals surface area contributed by atoms with Crippen LogP contribution in [0.3, 0.4) is 0 Å². The van der Waals surface area contributed by atoms with Crippen molar-refractivity contribution < 1.29 is 10.2 Å². The van der Waals surface area contributed by atoms with Gasteiger partial charge in [-0.05, 0) is 41.8 Å². The summed E-state index contributed by atoms with van der Waals surface area (Å²) in [5.41, 5.74) is 2.40. The molecule has 0 radical (unpaired) electrons. The summed E-state index contributed by atoms with van der Waals surface area (Å²) in [6.07, 6.45) is 0. The molecule has 1 aromatic carbocycles. The van der Waals surface area contributed by atoms with Gasteiger partial charge in [-0.2, -0.15) is 0 Å². The third-order valence-corrected chi connectivity index (χ3v) is 4.39. The summed E-state index contributed by atoms with van der Waals surface area (Å²) >= 11 is 1.78. The van der Waals surface area contributed by atoms with Gasteiger partial charge >= 0.3 is 0 Å². The molecule has 4 heteroatoms. The Morgan fingerprint density at radius 1 is 1.22 bits per heavy atom. The molecular weight excluding hydrogens is 246 g/mol. The zero-order valence-electron chi connectivity index (χ0n) is 10.1. The van der Waals surface area contributed by atoms with Crippen molar-refractivity contribution in [1.29, 1.82) is 0 Å². The number of likely N-dealkylation sites (N-methyl/N-ethyl adjacent to an activating group) is 1. The van der Waals surface area contributed by atoms with E-state index in [1.54, 1.807) is 23.5 Å². The zero-order chi connectivity index (χ0) is 12.7. The molecule has 0 saturated heterocycles. The number of rotatable bonds is 1. The number of hydrogen-bond acceptors (Lipinski definition) is 4. The second kappa shape index (κ2) is 4.30. The number of phenolic OH excluding ortho intramolecular Hbond substituents is 2. The predicted octanol–water partition coefficient (Wildman–Crippen LogP) is 2.74. The van der Waals surface area contributed by atoms with Gasteiger partial charge < -0.3 is 15.1 Å². The highest BCUT2D eigenvalue weighted by Crippen LogP contribution is 2.38. The quantitative estimate of drug-likeness (QED) is 0.776. The van der Waals surface area contributed by atoms with Gasteiger partial charge in [0.15, 0.2) is 11.5 Å². The number of fused-ring (bicyclic) bond motifs is 1. The monoisotopic (exact) mass is 261 g/mol. The minimum atomic E-state index is -0.0616. The highest BCUT2D eigenvalue weighted by Gasteiger charge is 2.26. The summed E-state index contributed by atoms with van der Waals surface area (Å²) in [5, 5.41) is 21.1. The molecule has 1 atom stereocenters. The topological polar surface area (TPSA) is 43.7 Å². The summed E-state index contributed by atoms with van der Waals surface area (Å²) in [7, 11) is 2.11. The fourth-order valence-electron chi connectivity index (χ4n) is 2.55. The lowest BCUT2D eigenvalue weighted by Gasteiger charge is -2.30. The number of benzene rings is 1. The maximum absolute atomic E-state index is 9.63. The molecule has 0 fully saturated rings. The Bertz CT molecular complexity index is 579. The first kappa shape index (κ1) is 11.6. The van der Waals surface area contributed by atoms with Crippen molar-refractivity contribution in [2.45, 2.75) is 12.5 Å². The second-order valence-electron chi connectivity index (χ2n) is 4.80. The molecule has 0 saturated carbocycles. The van der Waals surface area contributed by atoms with Crippen LogP contribution < -0.4 is 0 Å². The van der Waals surface area contributed by atoms with Crippen LogP contribution in [-0.4, -0.2) is 28.7 Å². The number of aromatic hydroxyl groups is 2. The molecule has 0 aliphatic carbocycles. The van der Waals surface area contributed by atoms with Gasteiger partial charge in [0.1, 0.15) is 0 Å². The lowest BCUT2D eigenvalue weighted by atomic mass is 9.88. The Labute approximate surface area is 110 Å². The smallest absolute Gasteiger partial charge is 0.157 e. The predicted molar refractivity (Wildman–Crippen MR) is 72.3 cm³/mol. The number of hydrogen-bond donors (Lipinski definition) is 2. The Hall–Kier alpha value is -1.52. The van der Waals surface area contributed by atoms with Crippen LogP contribution in [0.15, 0.2) is 29.6 Å². The summed E-state index contributed by atoms with van der Waals surface area (Å²) in [6, 6.07) is 7.29. The van der Waals surface area contributed by atoms with E-state index in [-0.39, 0.29) is 17.4 Å². The molecule has 2 heterocycles. The van der Waals surface area contributed by atoms with E-state index in [2.05, 4.69) is 23.4 Å². The van der Waals surface area contributed by atoms with E-state index in [1.807, 2.05) is 6.07 Å². The minimum absolute atomic E-state index is 0.0440. The Morgan fingerprint density at radius 2 is 2.06 bits per heavy atom. The standard InChI is InChI=1S/C14H15NO2S/c1-15-7-11(10-4-5-18-14(10)8-15)9-2-3-12(16)13(17)6-9/h2-6,11,16-17H,7-8H2,1H3/t11-/m0/s1. The molecule has 2 N–H and O–H groups in total. The molecule has 0 unspecified atom stereocenters. The van der Waals surface area contributed by atoms with Crippen LogP contribution in [0.2, 0.25) is 0 Å². The molecule has 18 heavy (non-hydrogen) atoms. The Balaban J connectivity index is 2.04. The van der Waals surface area contributed by atoms with Gasteiger partial charge in [-0.25, -0.2) is 0 Å². The fourth-order valence-corrected chi connectivity index (χ4v) is 3.57. The van der Waals surface area contributed by atoms with E-state index in [1.165, 1.54) is 10.4 Å². The van der Waals surface area contributed by atoms with Gasteiger partial charge in [-0.1, -0.05) is 6.07 Å². The lowest BCUT2D eigenvalue weighted by molar-refractivity contribution is 0.299. The molecule has 1 aliphatic heterocycles. The van der Waals surface area contributed by atoms with E-state index in [9.17, 15) is 10.2 Å².